The van der Waals surface area contributed by atoms with Crippen LogP contribution in [0, 0.1) is 17.8 Å². The summed E-state index contributed by atoms with van der Waals surface area (Å²) in [4.78, 5) is 0. The molecule has 0 aromatic carbocycles. The molecule has 6 unspecified atom stereocenters. The molecule has 4 N–H and O–H groups in total. The van der Waals surface area contributed by atoms with Gasteiger partial charge in [-0.05, 0) is 57.3 Å². The Hall–Kier alpha value is -0.420. The van der Waals surface area contributed by atoms with Gasteiger partial charge in [-0.1, -0.05) is 39.8 Å². The smallest absolute Gasteiger partial charge is 0.106 e. The van der Waals surface area contributed by atoms with Crippen molar-refractivity contribution in [2.75, 3.05) is 0 Å². The molecule has 0 aromatic rings. The first-order valence-corrected chi connectivity index (χ1v) is 9.47. The van der Waals surface area contributed by atoms with Crippen molar-refractivity contribution in [3.05, 3.63) is 12.2 Å². The Balaban J connectivity index is 0.000000174. The van der Waals surface area contributed by atoms with Crippen molar-refractivity contribution in [3.63, 3.8) is 0 Å². The molecule has 2 aliphatic heterocycles. The molecular formula is C20H37NO3. The Kier molecular flexibility index (Phi) is 5.57. The number of fused-ring (bicyclic) bond motifs is 2. The number of nitrogens with two attached hydrogens (primary N) is 1. The zero-order chi connectivity index (χ0) is 18.3. The zero-order valence-electron chi connectivity index (χ0n) is 16.2. The monoisotopic (exact) mass is 339 g/mol. The summed E-state index contributed by atoms with van der Waals surface area (Å²) in [5.74, 6) is 1.54. The van der Waals surface area contributed by atoms with Crippen molar-refractivity contribution in [1.82, 2.24) is 0 Å². The van der Waals surface area contributed by atoms with Gasteiger partial charge in [0.05, 0.1) is 17.3 Å². The summed E-state index contributed by atoms with van der Waals surface area (Å²) in [6.45, 7) is 12.5. The summed E-state index contributed by atoms with van der Waals surface area (Å²) in [6, 6.07) is 0.258. The number of aliphatic hydroxyl groups excluding tert-OH is 1. The molecular weight excluding hydrogens is 302 g/mol. The third-order valence-electron chi connectivity index (χ3n) is 6.59. The summed E-state index contributed by atoms with van der Waals surface area (Å²) < 4.78 is 6.10. The lowest BCUT2D eigenvalue weighted by Crippen LogP contribution is -2.42. The van der Waals surface area contributed by atoms with E-state index in [0.717, 1.165) is 12.8 Å². The van der Waals surface area contributed by atoms with Gasteiger partial charge in [-0.15, -0.1) is 0 Å². The molecule has 4 heteroatoms. The Bertz CT molecular complexity index is 474. The minimum Gasteiger partial charge on any atom is -0.390 e. The lowest BCUT2D eigenvalue weighted by atomic mass is 9.75. The van der Waals surface area contributed by atoms with E-state index in [4.69, 9.17) is 10.5 Å². The summed E-state index contributed by atoms with van der Waals surface area (Å²) in [6.07, 6.45) is 7.18. The zero-order valence-corrected chi connectivity index (χ0v) is 16.2. The fourth-order valence-corrected chi connectivity index (χ4v) is 4.16. The molecule has 4 nitrogen and oxygen atoms in total. The topological polar surface area (TPSA) is 75.7 Å². The first-order valence-electron chi connectivity index (χ1n) is 9.47. The van der Waals surface area contributed by atoms with E-state index >= 15 is 0 Å². The second-order valence-corrected chi connectivity index (χ2v) is 9.19. The third-order valence-corrected chi connectivity index (χ3v) is 6.59. The average molecular weight is 340 g/mol. The van der Waals surface area contributed by atoms with Crippen LogP contribution in [0.4, 0.5) is 0 Å². The molecule has 3 rings (SSSR count). The Labute approximate surface area is 147 Å². The summed E-state index contributed by atoms with van der Waals surface area (Å²) in [5.41, 5.74) is 5.14. The van der Waals surface area contributed by atoms with E-state index in [-0.39, 0.29) is 17.2 Å². The third kappa shape index (κ3) is 3.72. The first kappa shape index (κ1) is 19.9. The summed E-state index contributed by atoms with van der Waals surface area (Å²) in [7, 11) is 0. The van der Waals surface area contributed by atoms with Gasteiger partial charge in [-0.2, -0.15) is 0 Å². The van der Waals surface area contributed by atoms with Crippen LogP contribution in [-0.4, -0.2) is 39.2 Å². The second-order valence-electron chi connectivity index (χ2n) is 9.19. The molecule has 0 saturated carbocycles. The molecule has 1 aliphatic carbocycles. The molecule has 0 radical (unpaired) electrons. The van der Waals surface area contributed by atoms with Crippen molar-refractivity contribution >= 4 is 0 Å². The molecule has 6 atom stereocenters. The van der Waals surface area contributed by atoms with Crippen LogP contribution in [0.1, 0.15) is 67.2 Å². The van der Waals surface area contributed by atoms with E-state index in [1.165, 1.54) is 6.42 Å². The molecule has 0 spiro atoms. The van der Waals surface area contributed by atoms with Gasteiger partial charge in [0.2, 0.25) is 0 Å². The molecule has 2 saturated heterocycles. The summed E-state index contributed by atoms with van der Waals surface area (Å²) in [5, 5.41) is 19.2. The molecule has 0 aromatic heterocycles. The fourth-order valence-electron chi connectivity index (χ4n) is 4.16. The SMILES string of the molecule is CC(C)C12CCC(C)(O1)C(N)C2.CC(C)C1C=CC(C)(O)C(O)C1. The quantitative estimate of drug-likeness (QED) is 0.676. The van der Waals surface area contributed by atoms with Crippen molar-refractivity contribution in [2.24, 2.45) is 23.5 Å². The highest BCUT2D eigenvalue weighted by atomic mass is 16.5. The molecule has 2 bridgehead atoms. The highest BCUT2D eigenvalue weighted by Crippen LogP contribution is 2.53. The van der Waals surface area contributed by atoms with Crippen molar-refractivity contribution in [3.8, 4) is 0 Å². The predicted molar refractivity (Wildman–Crippen MR) is 97.6 cm³/mol. The number of rotatable bonds is 2. The highest BCUT2D eigenvalue weighted by molar-refractivity contribution is 5.11. The first-order chi connectivity index (χ1) is 10.9. The van der Waals surface area contributed by atoms with Crippen LogP contribution in [0.3, 0.4) is 0 Å². The lowest BCUT2D eigenvalue weighted by Gasteiger charge is -2.34. The maximum Gasteiger partial charge on any atom is 0.106 e. The standard InChI is InChI=1S/C10H19NO.C10H18O2/c1-7(2)10-5-4-9(3,12-10)8(11)6-10;1-7(2)8-4-5-10(3,12)9(11)6-8/h7-8H,4-6,11H2,1-3H3;4-5,7-9,11-12H,6H2,1-3H3. The van der Waals surface area contributed by atoms with Gasteiger partial charge in [0.1, 0.15) is 5.60 Å². The average Bonchev–Trinajstić information content (AvgIpc) is 2.94. The van der Waals surface area contributed by atoms with Crippen LogP contribution in [0.25, 0.3) is 0 Å². The molecule has 140 valence electrons. The van der Waals surface area contributed by atoms with Gasteiger partial charge in [0.15, 0.2) is 0 Å². The van der Waals surface area contributed by atoms with Gasteiger partial charge in [-0.25, -0.2) is 0 Å². The van der Waals surface area contributed by atoms with E-state index in [2.05, 4.69) is 34.6 Å². The van der Waals surface area contributed by atoms with Crippen molar-refractivity contribution in [1.29, 1.82) is 0 Å². The number of aliphatic hydroxyl groups is 2. The molecule has 3 aliphatic rings. The lowest BCUT2D eigenvalue weighted by molar-refractivity contribution is -0.0651. The Morgan fingerprint density at radius 1 is 1.17 bits per heavy atom. The number of allylic oxidation sites excluding steroid dienone is 1. The predicted octanol–water partition coefficient (Wildman–Crippen LogP) is 3.01. The second kappa shape index (κ2) is 6.71. The molecule has 24 heavy (non-hydrogen) atoms. The minimum atomic E-state index is -1.02. The van der Waals surface area contributed by atoms with Crippen LogP contribution in [0.15, 0.2) is 12.2 Å². The van der Waals surface area contributed by atoms with Crippen LogP contribution in [0.2, 0.25) is 0 Å². The van der Waals surface area contributed by atoms with Gasteiger partial charge < -0.3 is 20.7 Å². The minimum absolute atomic E-state index is 0.00965. The largest absolute Gasteiger partial charge is 0.390 e. The fraction of sp³-hybridized carbons (Fsp3) is 0.900. The normalized spacial score (nSPS) is 47.2. The van der Waals surface area contributed by atoms with Gasteiger partial charge in [0, 0.05) is 6.04 Å². The van der Waals surface area contributed by atoms with Gasteiger partial charge in [-0.3, -0.25) is 0 Å². The number of ether oxygens (including phenoxy) is 1. The van der Waals surface area contributed by atoms with Gasteiger partial charge >= 0.3 is 0 Å². The number of hydrogen-bond acceptors (Lipinski definition) is 4. The highest BCUT2D eigenvalue weighted by Gasteiger charge is 2.58. The number of hydrogen-bond donors (Lipinski definition) is 3. The van der Waals surface area contributed by atoms with E-state index < -0.39 is 11.7 Å². The maximum absolute atomic E-state index is 9.61. The Morgan fingerprint density at radius 2 is 1.79 bits per heavy atom. The molecule has 2 fully saturated rings. The molecule has 0 amide bonds. The van der Waals surface area contributed by atoms with Crippen LogP contribution >= 0.6 is 0 Å². The van der Waals surface area contributed by atoms with Crippen LogP contribution < -0.4 is 5.73 Å². The van der Waals surface area contributed by atoms with Gasteiger partial charge in [0.25, 0.3) is 0 Å². The van der Waals surface area contributed by atoms with Crippen molar-refractivity contribution in [2.45, 2.75) is 96.2 Å². The molecule has 2 heterocycles. The summed E-state index contributed by atoms with van der Waals surface area (Å²) >= 11 is 0. The van der Waals surface area contributed by atoms with Crippen LogP contribution in [-0.2, 0) is 4.74 Å². The van der Waals surface area contributed by atoms with E-state index in [9.17, 15) is 10.2 Å². The van der Waals surface area contributed by atoms with E-state index in [1.807, 2.05) is 6.08 Å². The van der Waals surface area contributed by atoms with Crippen molar-refractivity contribution < 1.29 is 14.9 Å². The van der Waals surface area contributed by atoms with E-state index in [0.29, 0.717) is 24.2 Å². The van der Waals surface area contributed by atoms with E-state index in [1.54, 1.807) is 13.0 Å². The maximum atomic E-state index is 9.61. The Morgan fingerprint density at radius 3 is 2.12 bits per heavy atom. The van der Waals surface area contributed by atoms with Crippen LogP contribution in [0.5, 0.6) is 0 Å².